The summed E-state index contributed by atoms with van der Waals surface area (Å²) in [5.41, 5.74) is 25.7. The van der Waals surface area contributed by atoms with Gasteiger partial charge in [-0.1, -0.05) is 186 Å². The quantitative estimate of drug-likeness (QED) is 0.159. The van der Waals surface area contributed by atoms with Gasteiger partial charge in [0.25, 0.3) is 0 Å². The molecule has 12 rings (SSSR count). The van der Waals surface area contributed by atoms with Crippen LogP contribution in [-0.4, -0.2) is 6.85 Å². The van der Waals surface area contributed by atoms with Crippen LogP contribution in [0.1, 0.15) is 129 Å². The SMILES string of the molecule is CC(C)(C)c1ccc(N(c2ccc(C(C)(C)C)cc2)c2ccc3c(c2)N(c2ccc4c(c2)C(C)(C)CCC4(C)C)B2c4cccc5c4N(c4ccccc4C5(C)C)c4cc(-c5ccccc5)cc-3c42)cc1. The summed E-state index contributed by atoms with van der Waals surface area (Å²) in [5, 5.41) is 0. The molecule has 0 fully saturated rings. The molecule has 3 nitrogen and oxygen atoms in total. The molecule has 8 aromatic rings. The van der Waals surface area contributed by atoms with E-state index in [0.717, 1.165) is 23.5 Å². The summed E-state index contributed by atoms with van der Waals surface area (Å²) >= 11 is 0. The molecule has 0 unspecified atom stereocenters. The van der Waals surface area contributed by atoms with Gasteiger partial charge >= 0.3 is 6.85 Å². The lowest BCUT2D eigenvalue weighted by molar-refractivity contribution is 0.332. The van der Waals surface area contributed by atoms with Gasteiger partial charge in [0.15, 0.2) is 0 Å². The number of nitrogens with zero attached hydrogens (tertiary/aromatic N) is 3. The molecule has 0 atom stereocenters. The Morgan fingerprint density at radius 2 is 1.04 bits per heavy atom. The van der Waals surface area contributed by atoms with Gasteiger partial charge in [0.2, 0.25) is 0 Å². The highest BCUT2D eigenvalue weighted by atomic mass is 15.2. The van der Waals surface area contributed by atoms with E-state index >= 15 is 0 Å². The largest absolute Gasteiger partial charge is 0.376 e. The Hall–Kier alpha value is -6.78. The third-order valence-corrected chi connectivity index (χ3v) is 17.0. The van der Waals surface area contributed by atoms with Crippen molar-refractivity contribution in [1.82, 2.24) is 0 Å². The molecule has 3 aliphatic heterocycles. The zero-order valence-electron chi connectivity index (χ0n) is 44.0. The van der Waals surface area contributed by atoms with Crippen LogP contribution in [0.2, 0.25) is 0 Å². The standard InChI is InChI=1S/C67H68BN3/c1-63(2,3)45-25-29-47(30-26-45)69(48-31-27-46(28-32-48)64(4,5)6)49-33-35-51-52-39-44(43-19-14-13-15-20-43)40-60-61(52)68(57-23-18-22-55-62(57)70(60)58-24-17-16-21-54(58)67(55,11)12)71(59(51)42-49)50-34-36-53-56(41-50)66(9,10)38-37-65(53,7)8/h13-36,39-42H,37-38H2,1-12H3. The van der Waals surface area contributed by atoms with Crippen LogP contribution in [0.4, 0.5) is 45.5 Å². The summed E-state index contributed by atoms with van der Waals surface area (Å²) in [7, 11) is 0. The molecular weight excluding hydrogens is 858 g/mol. The number of fused-ring (bicyclic) bond motifs is 7. The van der Waals surface area contributed by atoms with E-state index in [1.807, 2.05) is 0 Å². The van der Waals surface area contributed by atoms with Crippen molar-refractivity contribution in [2.75, 3.05) is 14.6 Å². The molecule has 71 heavy (non-hydrogen) atoms. The van der Waals surface area contributed by atoms with Gasteiger partial charge in [-0.3, -0.25) is 0 Å². The lowest BCUT2D eigenvalue weighted by Gasteiger charge is -2.51. The second-order valence-electron chi connectivity index (χ2n) is 24.9. The van der Waals surface area contributed by atoms with Crippen LogP contribution in [0.5, 0.6) is 0 Å². The van der Waals surface area contributed by atoms with Gasteiger partial charge in [0.1, 0.15) is 0 Å². The van der Waals surface area contributed by atoms with Crippen LogP contribution in [-0.2, 0) is 27.1 Å². The Labute approximate surface area is 424 Å². The zero-order chi connectivity index (χ0) is 49.6. The minimum Gasteiger partial charge on any atom is -0.376 e. The number of hydrogen-bond donors (Lipinski definition) is 0. The van der Waals surface area contributed by atoms with Crippen molar-refractivity contribution in [3.63, 3.8) is 0 Å². The monoisotopic (exact) mass is 926 g/mol. The molecule has 354 valence electrons. The van der Waals surface area contributed by atoms with Crippen LogP contribution in [0.25, 0.3) is 22.3 Å². The van der Waals surface area contributed by atoms with E-state index in [9.17, 15) is 0 Å². The van der Waals surface area contributed by atoms with Crippen LogP contribution < -0.4 is 25.5 Å². The Balaban J connectivity index is 1.18. The molecule has 4 aliphatic rings. The molecular formula is C67H68BN3. The summed E-state index contributed by atoms with van der Waals surface area (Å²) in [6.45, 7) is 28.3. The average Bonchev–Trinajstić information content (AvgIpc) is 3.35. The Morgan fingerprint density at radius 3 is 1.69 bits per heavy atom. The maximum absolute atomic E-state index is 2.74. The highest BCUT2D eigenvalue weighted by Crippen LogP contribution is 2.57. The molecule has 0 saturated heterocycles. The van der Waals surface area contributed by atoms with Gasteiger partial charge in [-0.15, -0.1) is 0 Å². The van der Waals surface area contributed by atoms with Gasteiger partial charge < -0.3 is 14.6 Å². The van der Waals surface area contributed by atoms with Crippen LogP contribution in [0.15, 0.2) is 170 Å². The molecule has 4 heteroatoms. The first-order chi connectivity index (χ1) is 33.7. The summed E-state index contributed by atoms with van der Waals surface area (Å²) in [6.07, 6.45) is 2.33. The molecule has 0 amide bonds. The smallest absolute Gasteiger partial charge is 0.333 e. The Bertz CT molecular complexity index is 3360. The Morgan fingerprint density at radius 1 is 0.451 bits per heavy atom. The van der Waals surface area contributed by atoms with E-state index in [4.69, 9.17) is 0 Å². The van der Waals surface area contributed by atoms with Crippen molar-refractivity contribution in [3.05, 3.63) is 203 Å². The molecule has 0 N–H and O–H groups in total. The predicted molar refractivity (Wildman–Crippen MR) is 305 cm³/mol. The fourth-order valence-electron chi connectivity index (χ4n) is 12.7. The lowest BCUT2D eigenvalue weighted by Crippen LogP contribution is -2.62. The van der Waals surface area contributed by atoms with Gasteiger partial charge in [0, 0.05) is 50.8 Å². The molecule has 0 saturated carbocycles. The number of anilines is 8. The van der Waals surface area contributed by atoms with Crippen molar-refractivity contribution >= 4 is 63.3 Å². The molecule has 8 aromatic carbocycles. The van der Waals surface area contributed by atoms with Crippen molar-refractivity contribution in [3.8, 4) is 22.3 Å². The summed E-state index contributed by atoms with van der Waals surface area (Å²) in [6, 6.07) is 65.7. The van der Waals surface area contributed by atoms with Crippen LogP contribution in [0, 0.1) is 0 Å². The summed E-state index contributed by atoms with van der Waals surface area (Å²) in [5.74, 6) is 0. The minimum atomic E-state index is -0.215. The second-order valence-corrected chi connectivity index (χ2v) is 24.9. The van der Waals surface area contributed by atoms with Crippen molar-refractivity contribution < 1.29 is 0 Å². The molecule has 0 radical (unpaired) electrons. The van der Waals surface area contributed by atoms with E-state index in [-0.39, 0.29) is 33.9 Å². The highest BCUT2D eigenvalue weighted by Gasteiger charge is 2.50. The van der Waals surface area contributed by atoms with E-state index in [1.54, 1.807) is 0 Å². The van der Waals surface area contributed by atoms with E-state index in [1.165, 1.54) is 101 Å². The van der Waals surface area contributed by atoms with E-state index < -0.39 is 0 Å². The molecule has 3 heterocycles. The predicted octanol–water partition coefficient (Wildman–Crippen LogP) is 17.1. The average molecular weight is 926 g/mol. The fourth-order valence-corrected chi connectivity index (χ4v) is 12.7. The van der Waals surface area contributed by atoms with Crippen molar-refractivity contribution in [2.45, 2.75) is 123 Å². The van der Waals surface area contributed by atoms with Gasteiger partial charge in [0.05, 0.1) is 5.69 Å². The van der Waals surface area contributed by atoms with Crippen molar-refractivity contribution in [1.29, 1.82) is 0 Å². The molecule has 0 bridgehead atoms. The zero-order valence-corrected chi connectivity index (χ0v) is 44.0. The number of para-hydroxylation sites is 2. The minimum absolute atomic E-state index is 0.0349. The molecule has 0 aromatic heterocycles. The van der Waals surface area contributed by atoms with E-state index in [2.05, 4.69) is 268 Å². The van der Waals surface area contributed by atoms with Crippen LogP contribution >= 0.6 is 0 Å². The Kier molecular flexibility index (Phi) is 9.98. The topological polar surface area (TPSA) is 9.72 Å². The maximum atomic E-state index is 2.74. The molecule has 0 spiro atoms. The fraction of sp³-hybridized carbons (Fsp3) is 0.284. The van der Waals surface area contributed by atoms with Gasteiger partial charge in [-0.25, -0.2) is 0 Å². The highest BCUT2D eigenvalue weighted by molar-refractivity contribution is 6.93. The van der Waals surface area contributed by atoms with Crippen LogP contribution in [0.3, 0.4) is 0 Å². The summed E-state index contributed by atoms with van der Waals surface area (Å²) < 4.78 is 0. The number of rotatable bonds is 5. The number of benzene rings is 8. The van der Waals surface area contributed by atoms with Gasteiger partial charge in [-0.05, 0) is 162 Å². The molecule has 1 aliphatic carbocycles. The van der Waals surface area contributed by atoms with Crippen molar-refractivity contribution in [2.24, 2.45) is 0 Å². The second kappa shape index (κ2) is 15.6. The van der Waals surface area contributed by atoms with E-state index in [0.29, 0.717) is 0 Å². The normalized spacial score (nSPS) is 16.6. The number of hydrogen-bond acceptors (Lipinski definition) is 3. The van der Waals surface area contributed by atoms with Gasteiger partial charge in [-0.2, -0.15) is 0 Å². The summed E-state index contributed by atoms with van der Waals surface area (Å²) in [4.78, 5) is 7.85. The third-order valence-electron chi connectivity index (χ3n) is 17.0. The lowest BCUT2D eigenvalue weighted by atomic mass is 9.42. The third kappa shape index (κ3) is 7.06. The maximum Gasteiger partial charge on any atom is 0.333 e. The first kappa shape index (κ1) is 45.4. The first-order valence-corrected chi connectivity index (χ1v) is 26.1. The first-order valence-electron chi connectivity index (χ1n) is 26.1.